The van der Waals surface area contributed by atoms with Gasteiger partial charge in [-0.2, -0.15) is 0 Å². The molecule has 12 atom stereocenters. The minimum atomic E-state index is -0.741. The van der Waals surface area contributed by atoms with Gasteiger partial charge in [0.05, 0.1) is 73.6 Å². The summed E-state index contributed by atoms with van der Waals surface area (Å²) in [6.45, 7) is 12.7. The summed E-state index contributed by atoms with van der Waals surface area (Å²) in [7, 11) is 3.40. The number of benzene rings is 2. The Balaban J connectivity index is 0.858. The van der Waals surface area contributed by atoms with E-state index in [0.29, 0.717) is 50.0 Å². The molecule has 4 aliphatic heterocycles. The van der Waals surface area contributed by atoms with Gasteiger partial charge < -0.3 is 55.9 Å². The second-order valence-electron chi connectivity index (χ2n) is 21.3. The molecule has 2 aliphatic carbocycles. The highest BCUT2D eigenvalue weighted by molar-refractivity contribution is 8.00. The van der Waals surface area contributed by atoms with Gasteiger partial charge in [-0.15, -0.1) is 23.5 Å². The number of ether oxygens (including phenoxy) is 3. The highest BCUT2D eigenvalue weighted by Gasteiger charge is 2.57. The lowest BCUT2D eigenvalue weighted by atomic mass is 9.83. The van der Waals surface area contributed by atoms with Gasteiger partial charge in [-0.1, -0.05) is 76.2 Å². The third-order valence-electron chi connectivity index (χ3n) is 15.5. The van der Waals surface area contributed by atoms with Crippen LogP contribution in [0.5, 0.6) is 0 Å². The molecule has 19 heteroatoms. The van der Waals surface area contributed by atoms with Crippen LogP contribution in [0.1, 0.15) is 102 Å². The molecule has 17 nitrogen and oxygen atoms in total. The van der Waals surface area contributed by atoms with Crippen molar-refractivity contribution in [3.63, 3.8) is 0 Å². The number of fused-ring (bicyclic) bond motifs is 4. The lowest BCUT2D eigenvalue weighted by molar-refractivity contribution is -0.144. The van der Waals surface area contributed by atoms with Crippen molar-refractivity contribution in [3.8, 4) is 0 Å². The summed E-state index contributed by atoms with van der Waals surface area (Å²) in [6, 6.07) is 11.3. The average molecular weight is 1020 g/mol. The molecule has 6 N–H and O–H groups in total. The number of hydrogen-bond donors (Lipinski definition) is 6. The zero-order valence-electron chi connectivity index (χ0n) is 42.4. The van der Waals surface area contributed by atoms with Crippen LogP contribution < -0.4 is 31.9 Å². The molecule has 2 aromatic carbocycles. The summed E-state index contributed by atoms with van der Waals surface area (Å²) < 4.78 is 19.0. The number of carbonyl (C=O) groups is 6. The third-order valence-corrected chi connectivity index (χ3v) is 18.0. The van der Waals surface area contributed by atoms with Crippen LogP contribution in [-0.4, -0.2) is 156 Å². The molecule has 8 rings (SSSR count). The topological polar surface area (TPSA) is 209 Å². The summed E-state index contributed by atoms with van der Waals surface area (Å²) in [5, 5.41) is 18.0. The molecule has 6 aliphatic rings. The fraction of sp³-hybridized carbons (Fsp3) is 0.654. The fourth-order valence-electron chi connectivity index (χ4n) is 11.4. The Labute approximate surface area is 426 Å². The van der Waals surface area contributed by atoms with Crippen LogP contribution in [-0.2, 0) is 55.8 Å². The molecule has 0 saturated carbocycles. The minimum absolute atomic E-state index is 0.180. The van der Waals surface area contributed by atoms with E-state index in [4.69, 9.17) is 14.2 Å². The van der Waals surface area contributed by atoms with Gasteiger partial charge in [0, 0.05) is 12.8 Å². The van der Waals surface area contributed by atoms with E-state index in [0.717, 1.165) is 22.3 Å². The van der Waals surface area contributed by atoms with Crippen LogP contribution in [0.15, 0.2) is 48.5 Å². The van der Waals surface area contributed by atoms with Gasteiger partial charge in [-0.3, -0.25) is 28.8 Å². The van der Waals surface area contributed by atoms with E-state index in [2.05, 4.69) is 44.0 Å². The van der Waals surface area contributed by atoms with Crippen molar-refractivity contribution in [2.24, 2.45) is 10.8 Å². The molecule has 388 valence electrons. The van der Waals surface area contributed by atoms with Crippen LogP contribution in [0, 0.1) is 10.8 Å². The highest BCUT2D eigenvalue weighted by Crippen LogP contribution is 2.48. The number of rotatable bonds is 18. The quantitative estimate of drug-likeness (QED) is 0.119. The second-order valence-corrected chi connectivity index (χ2v) is 23.8. The van der Waals surface area contributed by atoms with Crippen molar-refractivity contribution in [3.05, 3.63) is 70.8 Å². The van der Waals surface area contributed by atoms with Crippen LogP contribution in [0.4, 0.5) is 0 Å². The molecule has 0 radical (unpaired) electrons. The van der Waals surface area contributed by atoms with Crippen LogP contribution in [0.25, 0.3) is 0 Å². The number of nitrogens with one attached hydrogen (secondary N) is 6. The van der Waals surface area contributed by atoms with E-state index in [1.807, 2.05) is 64.1 Å². The molecule has 71 heavy (non-hydrogen) atoms. The predicted molar refractivity (Wildman–Crippen MR) is 273 cm³/mol. The van der Waals surface area contributed by atoms with E-state index in [9.17, 15) is 28.8 Å². The van der Waals surface area contributed by atoms with E-state index in [1.54, 1.807) is 61.3 Å². The first-order valence-corrected chi connectivity index (χ1v) is 27.4. The van der Waals surface area contributed by atoms with Crippen molar-refractivity contribution in [2.75, 3.05) is 52.0 Å². The number of hydrogen-bond acceptors (Lipinski definition) is 13. The molecule has 2 unspecified atom stereocenters. The smallest absolute Gasteiger partial charge is 0.246 e. The fourth-order valence-corrected chi connectivity index (χ4v) is 14.6. The first-order valence-electron chi connectivity index (χ1n) is 25.3. The summed E-state index contributed by atoms with van der Waals surface area (Å²) in [5.74, 6) is -0.0681. The Morgan fingerprint density at radius 1 is 0.620 bits per heavy atom. The predicted octanol–water partition coefficient (Wildman–Crippen LogP) is 2.97. The van der Waals surface area contributed by atoms with Gasteiger partial charge in [0.25, 0.3) is 0 Å². The number of amides is 6. The summed E-state index contributed by atoms with van der Waals surface area (Å²) in [5.41, 5.74) is 3.10. The van der Waals surface area contributed by atoms with E-state index in [-0.39, 0.29) is 84.8 Å². The minimum Gasteiger partial charge on any atom is -0.377 e. The van der Waals surface area contributed by atoms with Gasteiger partial charge in [-0.25, -0.2) is 0 Å². The van der Waals surface area contributed by atoms with Crippen molar-refractivity contribution in [1.82, 2.24) is 41.7 Å². The molecule has 0 spiro atoms. The molecule has 0 aromatic heterocycles. The second kappa shape index (κ2) is 22.5. The number of thioether (sulfide) groups is 2. The maximum atomic E-state index is 14.6. The Morgan fingerprint density at radius 2 is 1.01 bits per heavy atom. The lowest BCUT2D eigenvalue weighted by Crippen LogP contribution is -2.58. The number of nitrogens with zero attached hydrogens (tertiary/aromatic N) is 2. The molecular weight excluding hydrogens is 945 g/mol. The first-order chi connectivity index (χ1) is 33.9. The maximum absolute atomic E-state index is 14.6. The van der Waals surface area contributed by atoms with Crippen LogP contribution >= 0.6 is 23.5 Å². The standard InChI is InChI=1S/C52H74N8O9S2/c1-29(53-7)45(61)55-35-17-23-70-39-27-51(3,4)43(59(39)49(35)65)47(63)57-41-33-15-11-9-13-31(33)25-37(41)68-21-19-67-20-22-69-38-26-32-14-10-12-16-34(32)42(38)58-48(64)44-52(5,6)28-40-60(44)50(66)36(18-24-71-40)56-46(62)30(2)54-8/h9-16,29-30,35-44,53-54H,17-28H2,1-8H3,(H,55,61)(H,56,62)(H,57,63)(H,58,64)/t29?,30?,35-,36-,37+,38+,39-,40-,41-,42-,43+,44+/m0/s1. The average Bonchev–Trinajstić information content (AvgIpc) is 3.98. The monoisotopic (exact) mass is 1020 g/mol. The molecule has 6 amide bonds. The summed E-state index contributed by atoms with van der Waals surface area (Å²) in [4.78, 5) is 86.7. The summed E-state index contributed by atoms with van der Waals surface area (Å²) >= 11 is 3.33. The first kappa shape index (κ1) is 53.1. The molecule has 4 saturated heterocycles. The van der Waals surface area contributed by atoms with E-state index < -0.39 is 59.2 Å². The highest BCUT2D eigenvalue weighted by atomic mass is 32.2. The third kappa shape index (κ3) is 11.3. The van der Waals surface area contributed by atoms with Gasteiger partial charge in [0.2, 0.25) is 35.4 Å². The van der Waals surface area contributed by atoms with E-state index >= 15 is 0 Å². The van der Waals surface area contributed by atoms with Gasteiger partial charge in [0.15, 0.2) is 0 Å². The van der Waals surface area contributed by atoms with E-state index in [1.165, 1.54) is 0 Å². The largest absolute Gasteiger partial charge is 0.377 e. The molecule has 0 bridgehead atoms. The van der Waals surface area contributed by atoms with Crippen molar-refractivity contribution >= 4 is 59.0 Å². The van der Waals surface area contributed by atoms with Crippen molar-refractivity contribution < 1.29 is 43.0 Å². The normalized spacial score (nSPS) is 30.3. The SMILES string of the molecule is CNC(C)C(=O)N[C@H]1CCS[C@H]2CC(C)(C)[C@@H](C(=O)N[C@H]3c4ccccc4C[C@H]3OCCOCCO[C@@H]3Cc4ccccc4[C@@H]3NC(=O)[C@H]3N4C(=O)[C@@H](NC(=O)C(C)NC)CCS[C@H]4CC3(C)C)N2C1=O. The summed E-state index contributed by atoms with van der Waals surface area (Å²) in [6.07, 6.45) is 2.76. The Morgan fingerprint density at radius 3 is 1.41 bits per heavy atom. The van der Waals surface area contributed by atoms with Gasteiger partial charge in [0.1, 0.15) is 24.2 Å². The van der Waals surface area contributed by atoms with Crippen molar-refractivity contribution in [1.29, 1.82) is 0 Å². The van der Waals surface area contributed by atoms with Gasteiger partial charge >= 0.3 is 0 Å². The Bertz CT molecular complexity index is 2150. The van der Waals surface area contributed by atoms with Gasteiger partial charge in [-0.05, 0) is 98.2 Å². The van der Waals surface area contributed by atoms with Crippen LogP contribution in [0.2, 0.25) is 0 Å². The number of likely N-dealkylation sites (N-methyl/N-ethyl adjacent to an activating group) is 2. The van der Waals surface area contributed by atoms with Crippen LogP contribution in [0.3, 0.4) is 0 Å². The molecule has 2 aromatic rings. The Kier molecular flexibility index (Phi) is 16.8. The molecular formula is C52H74N8O9S2. The lowest BCUT2D eigenvalue weighted by Gasteiger charge is -2.35. The zero-order valence-corrected chi connectivity index (χ0v) is 44.1. The Hall–Kier alpha value is -4.24. The molecule has 4 heterocycles. The number of carbonyl (C=O) groups excluding carboxylic acids is 6. The zero-order chi connectivity index (χ0) is 50.8. The molecule has 4 fully saturated rings. The van der Waals surface area contributed by atoms with Crippen molar-refractivity contribution in [2.45, 2.75) is 151 Å². The maximum Gasteiger partial charge on any atom is 0.246 e.